The summed E-state index contributed by atoms with van der Waals surface area (Å²) in [5.41, 5.74) is 7.27. The molecule has 1 aromatic carbocycles. The summed E-state index contributed by atoms with van der Waals surface area (Å²) >= 11 is 6.21. The second-order valence-corrected chi connectivity index (χ2v) is 6.60. The van der Waals surface area contributed by atoms with Gasteiger partial charge in [-0.1, -0.05) is 30.7 Å². The van der Waals surface area contributed by atoms with Crippen molar-refractivity contribution >= 4 is 22.6 Å². The SMILES string of the molecule is CCC(C)(C(N)c1cc2cccc(Cl)c2o1)N1CCCC1. The van der Waals surface area contributed by atoms with Crippen LogP contribution in [0, 0.1) is 0 Å². The zero-order chi connectivity index (χ0) is 15.0. The molecule has 114 valence electrons. The van der Waals surface area contributed by atoms with Crippen LogP contribution in [0.5, 0.6) is 0 Å². The second kappa shape index (κ2) is 5.64. The fraction of sp³-hybridized carbons (Fsp3) is 0.529. The summed E-state index contributed by atoms with van der Waals surface area (Å²) in [6.45, 7) is 6.70. The standard InChI is InChI=1S/C17H23ClN2O/c1-3-17(2,20-9-4-5-10-20)16(19)14-11-12-7-6-8-13(18)15(12)21-14/h6-8,11,16H,3-5,9-10,19H2,1-2H3. The van der Waals surface area contributed by atoms with Crippen molar-refractivity contribution < 1.29 is 4.42 Å². The maximum Gasteiger partial charge on any atom is 0.152 e. The van der Waals surface area contributed by atoms with Crippen LogP contribution in [0.2, 0.25) is 5.02 Å². The molecule has 21 heavy (non-hydrogen) atoms. The van der Waals surface area contributed by atoms with Gasteiger partial charge in [-0.2, -0.15) is 0 Å². The highest BCUT2D eigenvalue weighted by molar-refractivity contribution is 6.34. The van der Waals surface area contributed by atoms with Crippen LogP contribution < -0.4 is 5.73 Å². The zero-order valence-corrected chi connectivity index (χ0v) is 13.5. The molecule has 1 fully saturated rings. The van der Waals surface area contributed by atoms with Crippen LogP contribution in [0.4, 0.5) is 0 Å². The van der Waals surface area contributed by atoms with Crippen LogP contribution in [-0.2, 0) is 0 Å². The molecule has 0 bridgehead atoms. The molecule has 2 unspecified atom stereocenters. The van der Waals surface area contributed by atoms with E-state index in [9.17, 15) is 0 Å². The highest BCUT2D eigenvalue weighted by atomic mass is 35.5. The first-order valence-corrected chi connectivity index (χ1v) is 8.12. The molecule has 3 rings (SSSR count). The Morgan fingerprint density at radius 2 is 2.10 bits per heavy atom. The molecular weight excluding hydrogens is 284 g/mol. The van der Waals surface area contributed by atoms with E-state index in [4.69, 9.17) is 21.8 Å². The number of fused-ring (bicyclic) bond motifs is 1. The number of halogens is 1. The lowest BCUT2D eigenvalue weighted by atomic mass is 9.86. The van der Waals surface area contributed by atoms with E-state index >= 15 is 0 Å². The van der Waals surface area contributed by atoms with Gasteiger partial charge in [0.05, 0.1) is 11.1 Å². The van der Waals surface area contributed by atoms with Crippen LogP contribution in [0.1, 0.15) is 44.9 Å². The van der Waals surface area contributed by atoms with Gasteiger partial charge in [0.1, 0.15) is 5.76 Å². The third kappa shape index (κ3) is 2.48. The number of benzene rings is 1. The molecule has 0 radical (unpaired) electrons. The molecule has 1 saturated heterocycles. The average molecular weight is 307 g/mol. The molecule has 2 atom stereocenters. The van der Waals surface area contributed by atoms with Gasteiger partial charge in [0, 0.05) is 10.9 Å². The maximum absolute atomic E-state index is 6.60. The highest BCUT2D eigenvalue weighted by Crippen LogP contribution is 2.38. The van der Waals surface area contributed by atoms with Crippen LogP contribution in [0.15, 0.2) is 28.7 Å². The van der Waals surface area contributed by atoms with Gasteiger partial charge >= 0.3 is 0 Å². The number of nitrogens with two attached hydrogens (primary N) is 1. The van der Waals surface area contributed by atoms with Crippen LogP contribution in [-0.4, -0.2) is 23.5 Å². The minimum atomic E-state index is -0.149. The van der Waals surface area contributed by atoms with E-state index in [1.54, 1.807) is 0 Å². The Bertz CT molecular complexity index is 633. The van der Waals surface area contributed by atoms with E-state index in [0.29, 0.717) is 5.02 Å². The van der Waals surface area contributed by atoms with Crippen molar-refractivity contribution in [1.82, 2.24) is 4.90 Å². The summed E-state index contributed by atoms with van der Waals surface area (Å²) in [4.78, 5) is 2.51. The molecule has 3 nitrogen and oxygen atoms in total. The number of nitrogens with zero attached hydrogens (tertiary/aromatic N) is 1. The number of hydrogen-bond donors (Lipinski definition) is 1. The molecule has 0 saturated carbocycles. The molecule has 4 heteroatoms. The molecule has 1 aromatic heterocycles. The molecule has 0 aliphatic carbocycles. The quantitative estimate of drug-likeness (QED) is 0.913. The Labute approximate surface area is 131 Å². The number of likely N-dealkylation sites (tertiary alicyclic amines) is 1. The maximum atomic E-state index is 6.60. The molecule has 2 heterocycles. The number of rotatable bonds is 4. The molecular formula is C17H23ClN2O. The number of hydrogen-bond acceptors (Lipinski definition) is 3. The van der Waals surface area contributed by atoms with Crippen molar-refractivity contribution in [3.05, 3.63) is 35.0 Å². The van der Waals surface area contributed by atoms with Gasteiger partial charge in [-0.25, -0.2) is 0 Å². The summed E-state index contributed by atoms with van der Waals surface area (Å²) in [6.07, 6.45) is 3.52. The lowest BCUT2D eigenvalue weighted by molar-refractivity contribution is 0.0920. The lowest BCUT2D eigenvalue weighted by Gasteiger charge is -2.42. The van der Waals surface area contributed by atoms with Gasteiger partial charge in [0.2, 0.25) is 0 Å². The van der Waals surface area contributed by atoms with Crippen molar-refractivity contribution in [2.75, 3.05) is 13.1 Å². The van der Waals surface area contributed by atoms with Crippen molar-refractivity contribution in [2.24, 2.45) is 5.73 Å². The Morgan fingerprint density at radius 3 is 2.71 bits per heavy atom. The molecule has 2 aromatic rings. The average Bonchev–Trinajstić information content (AvgIpc) is 3.15. The van der Waals surface area contributed by atoms with Crippen molar-refractivity contribution in [1.29, 1.82) is 0 Å². The van der Waals surface area contributed by atoms with Gasteiger partial charge in [0.25, 0.3) is 0 Å². The summed E-state index contributed by atoms with van der Waals surface area (Å²) in [5, 5.41) is 1.66. The first-order chi connectivity index (χ1) is 10.1. The van der Waals surface area contributed by atoms with E-state index in [0.717, 1.165) is 36.2 Å². The summed E-state index contributed by atoms with van der Waals surface area (Å²) in [7, 11) is 0. The third-order valence-electron chi connectivity index (χ3n) is 5.04. The zero-order valence-electron chi connectivity index (χ0n) is 12.7. The number of furan rings is 1. The van der Waals surface area contributed by atoms with Crippen molar-refractivity contribution in [3.8, 4) is 0 Å². The van der Waals surface area contributed by atoms with Crippen LogP contribution >= 0.6 is 11.6 Å². The van der Waals surface area contributed by atoms with E-state index in [-0.39, 0.29) is 11.6 Å². The second-order valence-electron chi connectivity index (χ2n) is 6.19. The molecule has 2 N–H and O–H groups in total. The minimum absolute atomic E-state index is 0.0726. The molecule has 0 spiro atoms. The molecule has 1 aliphatic rings. The van der Waals surface area contributed by atoms with Crippen LogP contribution in [0.25, 0.3) is 11.0 Å². The fourth-order valence-electron chi connectivity index (χ4n) is 3.38. The van der Waals surface area contributed by atoms with E-state index in [1.165, 1.54) is 12.8 Å². The predicted octanol–water partition coefficient (Wildman–Crippen LogP) is 4.35. The van der Waals surface area contributed by atoms with Gasteiger partial charge in [-0.15, -0.1) is 0 Å². The van der Waals surface area contributed by atoms with Gasteiger partial charge in [0.15, 0.2) is 5.58 Å². The topological polar surface area (TPSA) is 42.4 Å². The van der Waals surface area contributed by atoms with E-state index in [2.05, 4.69) is 18.7 Å². The Balaban J connectivity index is 1.97. The van der Waals surface area contributed by atoms with Crippen molar-refractivity contribution in [3.63, 3.8) is 0 Å². The first kappa shape index (κ1) is 14.9. The van der Waals surface area contributed by atoms with E-state index in [1.807, 2.05) is 24.3 Å². The summed E-state index contributed by atoms with van der Waals surface area (Å²) in [6, 6.07) is 7.69. The largest absolute Gasteiger partial charge is 0.458 e. The molecule has 1 aliphatic heterocycles. The van der Waals surface area contributed by atoms with Gasteiger partial charge in [-0.3, -0.25) is 4.90 Å². The predicted molar refractivity (Wildman–Crippen MR) is 87.7 cm³/mol. The number of para-hydroxylation sites is 1. The van der Waals surface area contributed by atoms with E-state index < -0.39 is 0 Å². The Morgan fingerprint density at radius 1 is 1.38 bits per heavy atom. The lowest BCUT2D eigenvalue weighted by Crippen LogP contribution is -2.51. The normalized spacial score (nSPS) is 20.8. The van der Waals surface area contributed by atoms with Gasteiger partial charge in [-0.05, 0) is 51.4 Å². The van der Waals surface area contributed by atoms with Crippen LogP contribution in [0.3, 0.4) is 0 Å². The monoisotopic (exact) mass is 306 g/mol. The first-order valence-electron chi connectivity index (χ1n) is 7.75. The van der Waals surface area contributed by atoms with Crippen molar-refractivity contribution in [2.45, 2.75) is 44.7 Å². The fourth-order valence-corrected chi connectivity index (χ4v) is 3.60. The summed E-state index contributed by atoms with van der Waals surface area (Å²) < 4.78 is 5.98. The Hall–Kier alpha value is -1.03. The van der Waals surface area contributed by atoms with Gasteiger partial charge < -0.3 is 10.2 Å². The Kier molecular flexibility index (Phi) is 4.00. The highest BCUT2D eigenvalue weighted by Gasteiger charge is 2.39. The third-order valence-corrected chi connectivity index (χ3v) is 5.33. The minimum Gasteiger partial charge on any atom is -0.458 e. The smallest absolute Gasteiger partial charge is 0.152 e. The molecule has 0 amide bonds. The summed E-state index contributed by atoms with van der Waals surface area (Å²) in [5.74, 6) is 0.828.